The van der Waals surface area contributed by atoms with E-state index >= 15 is 0 Å². The number of aliphatic hydroxyl groups is 1. The van der Waals surface area contributed by atoms with Crippen molar-refractivity contribution in [3.8, 4) is 0 Å². The SMILES string of the molecule is CS(=O)(=O)c1ccc(C(N)(O)CC(=O)O)cc1. The Hall–Kier alpha value is -1.44. The lowest BCUT2D eigenvalue weighted by atomic mass is 10.0. The summed E-state index contributed by atoms with van der Waals surface area (Å²) in [6.07, 6.45) is 0.388. The number of carboxylic acids is 1. The number of sulfone groups is 1. The van der Waals surface area contributed by atoms with E-state index in [1.165, 1.54) is 24.3 Å². The minimum Gasteiger partial charge on any atom is -0.481 e. The Morgan fingerprint density at radius 3 is 2.18 bits per heavy atom. The third-order valence-corrected chi connectivity index (χ3v) is 3.33. The van der Waals surface area contributed by atoms with Gasteiger partial charge < -0.3 is 10.2 Å². The van der Waals surface area contributed by atoms with Crippen molar-refractivity contribution in [1.29, 1.82) is 0 Å². The van der Waals surface area contributed by atoms with Crippen LogP contribution in [0.3, 0.4) is 0 Å². The molecule has 7 heteroatoms. The lowest BCUT2D eigenvalue weighted by Gasteiger charge is -2.21. The van der Waals surface area contributed by atoms with Crippen molar-refractivity contribution >= 4 is 15.8 Å². The van der Waals surface area contributed by atoms with Crippen LogP contribution >= 0.6 is 0 Å². The molecule has 0 spiro atoms. The molecule has 0 fully saturated rings. The molecule has 0 aliphatic rings. The van der Waals surface area contributed by atoms with Gasteiger partial charge in [0, 0.05) is 6.26 Å². The second kappa shape index (κ2) is 4.44. The first kappa shape index (κ1) is 13.6. The van der Waals surface area contributed by atoms with Crippen LogP contribution in [0.4, 0.5) is 0 Å². The van der Waals surface area contributed by atoms with E-state index in [4.69, 9.17) is 10.8 Å². The lowest BCUT2D eigenvalue weighted by molar-refractivity contribution is -0.142. The second-order valence-corrected chi connectivity index (χ2v) is 5.81. The van der Waals surface area contributed by atoms with E-state index in [1.54, 1.807) is 0 Å². The summed E-state index contributed by atoms with van der Waals surface area (Å²) in [5.74, 6) is -1.25. The van der Waals surface area contributed by atoms with Gasteiger partial charge in [-0.05, 0) is 17.7 Å². The maximum Gasteiger partial charge on any atom is 0.308 e. The summed E-state index contributed by atoms with van der Waals surface area (Å²) < 4.78 is 22.4. The fourth-order valence-corrected chi connectivity index (χ4v) is 1.95. The number of rotatable bonds is 4. The van der Waals surface area contributed by atoms with E-state index < -0.39 is 28.0 Å². The maximum atomic E-state index is 11.2. The van der Waals surface area contributed by atoms with Crippen LogP contribution in [-0.4, -0.2) is 30.9 Å². The Morgan fingerprint density at radius 1 is 1.35 bits per heavy atom. The van der Waals surface area contributed by atoms with Gasteiger partial charge in [-0.15, -0.1) is 0 Å². The molecule has 1 aromatic carbocycles. The molecule has 0 heterocycles. The van der Waals surface area contributed by atoms with Crippen LogP contribution in [0, 0.1) is 0 Å². The first-order valence-corrected chi connectivity index (χ1v) is 6.56. The van der Waals surface area contributed by atoms with Gasteiger partial charge in [0.25, 0.3) is 0 Å². The third kappa shape index (κ3) is 3.52. The largest absolute Gasteiger partial charge is 0.481 e. The summed E-state index contributed by atoms with van der Waals surface area (Å²) >= 11 is 0. The van der Waals surface area contributed by atoms with E-state index in [0.717, 1.165) is 6.26 Å². The molecule has 94 valence electrons. The standard InChI is InChI=1S/C10H13NO5S/c1-17(15,16)8-4-2-7(3-5-8)10(11,14)6-9(12)13/h2-5,14H,6,11H2,1H3,(H,12,13). The van der Waals surface area contributed by atoms with Gasteiger partial charge in [-0.2, -0.15) is 0 Å². The zero-order valence-corrected chi connectivity index (χ0v) is 9.94. The fraction of sp³-hybridized carbons (Fsp3) is 0.300. The zero-order valence-electron chi connectivity index (χ0n) is 9.12. The van der Waals surface area contributed by atoms with Gasteiger partial charge in [-0.3, -0.25) is 10.5 Å². The van der Waals surface area contributed by atoms with E-state index in [-0.39, 0.29) is 10.5 Å². The minimum absolute atomic E-state index is 0.0763. The van der Waals surface area contributed by atoms with Crippen LogP contribution in [-0.2, 0) is 20.4 Å². The van der Waals surface area contributed by atoms with Crippen LogP contribution in [0.5, 0.6) is 0 Å². The molecule has 17 heavy (non-hydrogen) atoms. The highest BCUT2D eigenvalue weighted by Gasteiger charge is 2.27. The summed E-state index contributed by atoms with van der Waals surface area (Å²) in [4.78, 5) is 10.6. The van der Waals surface area contributed by atoms with Gasteiger partial charge in [0.05, 0.1) is 11.3 Å². The number of benzene rings is 1. The number of hydrogen-bond donors (Lipinski definition) is 3. The topological polar surface area (TPSA) is 118 Å². The monoisotopic (exact) mass is 259 g/mol. The highest BCUT2D eigenvalue weighted by Crippen LogP contribution is 2.21. The Labute approximate surface area is 98.6 Å². The minimum atomic E-state index is -3.33. The van der Waals surface area contributed by atoms with Gasteiger partial charge in [-0.25, -0.2) is 8.42 Å². The summed E-state index contributed by atoms with van der Waals surface area (Å²) in [5, 5.41) is 18.3. The summed E-state index contributed by atoms with van der Waals surface area (Å²) in [7, 11) is -3.33. The first-order chi connectivity index (χ1) is 7.63. The number of hydrogen-bond acceptors (Lipinski definition) is 5. The van der Waals surface area contributed by atoms with Crippen molar-refractivity contribution in [2.45, 2.75) is 17.0 Å². The molecule has 1 aromatic rings. The van der Waals surface area contributed by atoms with Crippen molar-refractivity contribution in [3.05, 3.63) is 29.8 Å². The summed E-state index contributed by atoms with van der Waals surface area (Å²) in [6, 6.07) is 5.12. The summed E-state index contributed by atoms with van der Waals surface area (Å²) in [5.41, 5.74) is 3.56. The number of carboxylic acid groups (broad SMARTS) is 1. The van der Waals surface area contributed by atoms with Crippen LogP contribution in [0.15, 0.2) is 29.2 Å². The molecule has 0 bridgehead atoms. The Morgan fingerprint density at radius 2 is 1.82 bits per heavy atom. The van der Waals surface area contributed by atoms with Crippen molar-refractivity contribution in [2.24, 2.45) is 5.73 Å². The van der Waals surface area contributed by atoms with Crippen molar-refractivity contribution in [3.63, 3.8) is 0 Å². The van der Waals surface area contributed by atoms with Crippen LogP contribution in [0.1, 0.15) is 12.0 Å². The van der Waals surface area contributed by atoms with Gasteiger partial charge >= 0.3 is 5.97 Å². The lowest BCUT2D eigenvalue weighted by Crippen LogP contribution is -2.38. The molecular weight excluding hydrogens is 246 g/mol. The molecule has 0 aliphatic heterocycles. The van der Waals surface area contributed by atoms with E-state index in [1.807, 2.05) is 0 Å². The summed E-state index contributed by atoms with van der Waals surface area (Å²) in [6.45, 7) is 0. The molecule has 1 atom stereocenters. The molecule has 6 nitrogen and oxygen atoms in total. The average molecular weight is 259 g/mol. The smallest absolute Gasteiger partial charge is 0.308 e. The molecule has 0 aliphatic carbocycles. The number of carbonyl (C=O) groups is 1. The third-order valence-electron chi connectivity index (χ3n) is 2.20. The normalized spacial score (nSPS) is 15.2. The van der Waals surface area contributed by atoms with Gasteiger partial charge in [0.15, 0.2) is 9.84 Å². The highest BCUT2D eigenvalue weighted by atomic mass is 32.2. The van der Waals surface area contributed by atoms with E-state index in [9.17, 15) is 18.3 Å². The fourth-order valence-electron chi connectivity index (χ4n) is 1.32. The molecule has 4 N–H and O–H groups in total. The molecule has 0 radical (unpaired) electrons. The molecule has 0 aromatic heterocycles. The molecule has 1 unspecified atom stereocenters. The van der Waals surface area contributed by atoms with Crippen LogP contribution in [0.2, 0.25) is 0 Å². The molecule has 1 rings (SSSR count). The van der Waals surface area contributed by atoms with Crippen LogP contribution in [0.25, 0.3) is 0 Å². The molecule has 0 amide bonds. The maximum absolute atomic E-state index is 11.2. The first-order valence-electron chi connectivity index (χ1n) is 4.66. The Balaban J connectivity index is 3.07. The van der Waals surface area contributed by atoms with E-state index in [2.05, 4.69) is 0 Å². The van der Waals surface area contributed by atoms with Crippen molar-refractivity contribution in [1.82, 2.24) is 0 Å². The Bertz CT molecular complexity index is 518. The van der Waals surface area contributed by atoms with Crippen LogP contribution < -0.4 is 5.73 Å². The average Bonchev–Trinajstić information content (AvgIpc) is 2.14. The van der Waals surface area contributed by atoms with Gasteiger partial charge in [0.1, 0.15) is 5.72 Å². The van der Waals surface area contributed by atoms with Crippen molar-refractivity contribution in [2.75, 3.05) is 6.26 Å². The predicted molar refractivity (Wildman–Crippen MR) is 59.9 cm³/mol. The number of nitrogens with two attached hydrogens (primary N) is 1. The molecule has 0 saturated carbocycles. The van der Waals surface area contributed by atoms with Crippen molar-refractivity contribution < 1.29 is 23.4 Å². The number of aliphatic carboxylic acids is 1. The highest BCUT2D eigenvalue weighted by molar-refractivity contribution is 7.90. The van der Waals surface area contributed by atoms with Gasteiger partial charge in [0.2, 0.25) is 0 Å². The molecule has 0 saturated heterocycles. The zero-order chi connectivity index (χ0) is 13.3. The molecular formula is C10H13NO5S. The second-order valence-electron chi connectivity index (χ2n) is 3.79. The van der Waals surface area contributed by atoms with E-state index in [0.29, 0.717) is 0 Å². The Kier molecular flexibility index (Phi) is 3.56. The van der Waals surface area contributed by atoms with Gasteiger partial charge in [-0.1, -0.05) is 12.1 Å². The predicted octanol–water partition coefficient (Wildman–Crippen LogP) is -0.331. The quantitative estimate of drug-likeness (QED) is 0.637.